The Morgan fingerprint density at radius 1 is 1.33 bits per heavy atom. The van der Waals surface area contributed by atoms with Crippen LogP contribution in [-0.4, -0.2) is 35.3 Å². The molecule has 0 aromatic carbocycles. The number of rotatable bonds is 3. The molecular weight excluding hydrogens is 228 g/mol. The van der Waals surface area contributed by atoms with Crippen molar-refractivity contribution in [3.8, 4) is 0 Å². The van der Waals surface area contributed by atoms with Gasteiger partial charge in [-0.25, -0.2) is 9.97 Å². The van der Waals surface area contributed by atoms with Crippen LogP contribution in [0.1, 0.15) is 32.8 Å². The molecule has 1 saturated heterocycles. The molecule has 2 rings (SSSR count). The van der Waals surface area contributed by atoms with Crippen LogP contribution in [0.2, 0.25) is 0 Å². The number of ether oxygens (including phenoxy) is 1. The summed E-state index contributed by atoms with van der Waals surface area (Å²) in [6.07, 6.45) is 3.95. The fourth-order valence-electron chi connectivity index (χ4n) is 2.53. The molecule has 0 radical (unpaired) electrons. The third-order valence-electron chi connectivity index (χ3n) is 3.18. The highest BCUT2D eigenvalue weighted by Crippen LogP contribution is 2.25. The molecule has 0 bridgehead atoms. The average molecular weight is 250 g/mol. The Bertz CT molecular complexity index is 400. The van der Waals surface area contributed by atoms with E-state index >= 15 is 0 Å². The zero-order valence-corrected chi connectivity index (χ0v) is 11.4. The molecule has 5 nitrogen and oxygen atoms in total. The van der Waals surface area contributed by atoms with Gasteiger partial charge in [-0.2, -0.15) is 0 Å². The van der Waals surface area contributed by atoms with Gasteiger partial charge in [-0.1, -0.05) is 13.3 Å². The molecule has 2 unspecified atom stereocenters. The Balaban J connectivity index is 2.29. The third-order valence-corrected chi connectivity index (χ3v) is 3.18. The second-order valence-corrected chi connectivity index (χ2v) is 4.97. The van der Waals surface area contributed by atoms with Crippen molar-refractivity contribution in [2.75, 3.05) is 23.7 Å². The maximum Gasteiger partial charge on any atom is 0.137 e. The predicted molar refractivity (Wildman–Crippen MR) is 72.7 cm³/mol. The van der Waals surface area contributed by atoms with Gasteiger partial charge in [0.25, 0.3) is 0 Å². The minimum Gasteiger partial charge on any atom is -0.383 e. The average Bonchev–Trinajstić information content (AvgIpc) is 2.30. The quantitative estimate of drug-likeness (QED) is 0.883. The SMILES string of the molecule is CCCc1c(N)ncnc1N1CC(C)OC(C)C1. The molecule has 0 spiro atoms. The van der Waals surface area contributed by atoms with E-state index in [1.165, 1.54) is 0 Å². The molecule has 2 atom stereocenters. The topological polar surface area (TPSA) is 64.3 Å². The number of nitrogen functional groups attached to an aromatic ring is 1. The summed E-state index contributed by atoms with van der Waals surface area (Å²) in [6, 6.07) is 0. The van der Waals surface area contributed by atoms with Crippen LogP contribution in [0, 0.1) is 0 Å². The lowest BCUT2D eigenvalue weighted by Crippen LogP contribution is -2.46. The molecule has 0 amide bonds. The molecular formula is C13H22N4O. The zero-order valence-electron chi connectivity index (χ0n) is 11.4. The van der Waals surface area contributed by atoms with Crippen LogP contribution in [0.3, 0.4) is 0 Å². The third kappa shape index (κ3) is 2.72. The summed E-state index contributed by atoms with van der Waals surface area (Å²) in [5, 5.41) is 0. The van der Waals surface area contributed by atoms with Crippen LogP contribution in [0.25, 0.3) is 0 Å². The molecule has 5 heteroatoms. The van der Waals surface area contributed by atoms with E-state index in [0.29, 0.717) is 5.82 Å². The second-order valence-electron chi connectivity index (χ2n) is 4.97. The van der Waals surface area contributed by atoms with E-state index in [2.05, 4.69) is 35.6 Å². The highest BCUT2D eigenvalue weighted by molar-refractivity contribution is 5.57. The van der Waals surface area contributed by atoms with Gasteiger partial charge < -0.3 is 15.4 Å². The highest BCUT2D eigenvalue weighted by Gasteiger charge is 2.25. The lowest BCUT2D eigenvalue weighted by molar-refractivity contribution is -0.00551. The fourth-order valence-corrected chi connectivity index (χ4v) is 2.53. The summed E-state index contributed by atoms with van der Waals surface area (Å²) in [5.41, 5.74) is 7.05. The lowest BCUT2D eigenvalue weighted by Gasteiger charge is -2.37. The molecule has 100 valence electrons. The van der Waals surface area contributed by atoms with E-state index in [1.807, 2.05) is 0 Å². The number of hydrogen-bond acceptors (Lipinski definition) is 5. The van der Waals surface area contributed by atoms with E-state index in [-0.39, 0.29) is 12.2 Å². The summed E-state index contributed by atoms with van der Waals surface area (Å²) < 4.78 is 5.75. The number of nitrogens with two attached hydrogens (primary N) is 1. The van der Waals surface area contributed by atoms with Crippen molar-refractivity contribution >= 4 is 11.6 Å². The van der Waals surface area contributed by atoms with Crippen molar-refractivity contribution in [1.29, 1.82) is 0 Å². The zero-order chi connectivity index (χ0) is 13.1. The second kappa shape index (κ2) is 5.52. The van der Waals surface area contributed by atoms with E-state index < -0.39 is 0 Å². The van der Waals surface area contributed by atoms with Gasteiger partial charge in [0, 0.05) is 18.7 Å². The van der Waals surface area contributed by atoms with Crippen molar-refractivity contribution in [1.82, 2.24) is 9.97 Å². The summed E-state index contributed by atoms with van der Waals surface area (Å²) >= 11 is 0. The van der Waals surface area contributed by atoms with Crippen LogP contribution < -0.4 is 10.6 Å². The minimum atomic E-state index is 0.222. The van der Waals surface area contributed by atoms with Crippen LogP contribution in [-0.2, 0) is 11.2 Å². The summed E-state index contributed by atoms with van der Waals surface area (Å²) in [5.74, 6) is 1.58. The first-order valence-electron chi connectivity index (χ1n) is 6.61. The predicted octanol–water partition coefficient (Wildman–Crippen LogP) is 1.62. The van der Waals surface area contributed by atoms with Gasteiger partial charge in [-0.3, -0.25) is 0 Å². The molecule has 0 saturated carbocycles. The molecule has 1 aromatic heterocycles. The standard InChI is InChI=1S/C13H22N4O/c1-4-5-11-12(14)15-8-16-13(11)17-6-9(2)18-10(3)7-17/h8-10H,4-7H2,1-3H3,(H2,14,15,16). The Morgan fingerprint density at radius 2 is 2.00 bits per heavy atom. The Morgan fingerprint density at radius 3 is 2.61 bits per heavy atom. The molecule has 1 fully saturated rings. The monoisotopic (exact) mass is 250 g/mol. The number of hydrogen-bond donors (Lipinski definition) is 1. The van der Waals surface area contributed by atoms with Gasteiger partial charge >= 0.3 is 0 Å². The molecule has 2 heterocycles. The smallest absolute Gasteiger partial charge is 0.137 e. The summed E-state index contributed by atoms with van der Waals surface area (Å²) in [6.45, 7) is 8.04. The first kappa shape index (κ1) is 13.1. The Kier molecular flexibility index (Phi) is 4.01. The first-order chi connectivity index (χ1) is 8.61. The van der Waals surface area contributed by atoms with E-state index in [9.17, 15) is 0 Å². The molecule has 18 heavy (non-hydrogen) atoms. The van der Waals surface area contributed by atoms with Crippen molar-refractivity contribution in [3.05, 3.63) is 11.9 Å². The Labute approximate surface area is 108 Å². The molecule has 0 aliphatic carbocycles. The highest BCUT2D eigenvalue weighted by atomic mass is 16.5. The van der Waals surface area contributed by atoms with Crippen LogP contribution in [0.4, 0.5) is 11.6 Å². The maximum atomic E-state index is 5.97. The van der Waals surface area contributed by atoms with Gasteiger partial charge in [0.15, 0.2) is 0 Å². The number of anilines is 2. The van der Waals surface area contributed by atoms with Crippen molar-refractivity contribution in [2.24, 2.45) is 0 Å². The van der Waals surface area contributed by atoms with Crippen LogP contribution in [0.5, 0.6) is 0 Å². The molecule has 1 aromatic rings. The van der Waals surface area contributed by atoms with Gasteiger partial charge in [0.1, 0.15) is 18.0 Å². The van der Waals surface area contributed by atoms with Crippen molar-refractivity contribution in [2.45, 2.75) is 45.8 Å². The molecule has 1 aliphatic rings. The Hall–Kier alpha value is -1.36. The molecule has 1 aliphatic heterocycles. The van der Waals surface area contributed by atoms with Gasteiger partial charge in [0.2, 0.25) is 0 Å². The number of aromatic nitrogens is 2. The normalized spacial score (nSPS) is 24.3. The van der Waals surface area contributed by atoms with Gasteiger partial charge in [-0.05, 0) is 20.3 Å². The van der Waals surface area contributed by atoms with E-state index in [0.717, 1.165) is 37.3 Å². The minimum absolute atomic E-state index is 0.222. The van der Waals surface area contributed by atoms with Gasteiger partial charge in [0.05, 0.1) is 12.2 Å². The number of morpholine rings is 1. The maximum absolute atomic E-state index is 5.97. The van der Waals surface area contributed by atoms with E-state index in [4.69, 9.17) is 10.5 Å². The van der Waals surface area contributed by atoms with Crippen molar-refractivity contribution in [3.63, 3.8) is 0 Å². The summed E-state index contributed by atoms with van der Waals surface area (Å²) in [7, 11) is 0. The van der Waals surface area contributed by atoms with Crippen LogP contribution in [0.15, 0.2) is 6.33 Å². The molecule has 2 N–H and O–H groups in total. The van der Waals surface area contributed by atoms with Crippen molar-refractivity contribution < 1.29 is 4.74 Å². The fraction of sp³-hybridized carbons (Fsp3) is 0.692. The first-order valence-corrected chi connectivity index (χ1v) is 6.61. The number of nitrogens with zero attached hydrogens (tertiary/aromatic N) is 3. The summed E-state index contributed by atoms with van der Waals surface area (Å²) in [4.78, 5) is 10.8. The van der Waals surface area contributed by atoms with Gasteiger partial charge in [-0.15, -0.1) is 0 Å². The van der Waals surface area contributed by atoms with E-state index in [1.54, 1.807) is 6.33 Å². The largest absolute Gasteiger partial charge is 0.383 e. The lowest BCUT2D eigenvalue weighted by atomic mass is 10.1. The van der Waals surface area contributed by atoms with Crippen LogP contribution >= 0.6 is 0 Å².